The topological polar surface area (TPSA) is 109 Å². The number of benzene rings is 2. The zero-order valence-corrected chi connectivity index (χ0v) is 20.7. The first-order valence-corrected chi connectivity index (χ1v) is 12.9. The maximum atomic E-state index is 12.6. The van der Waals surface area contributed by atoms with Gasteiger partial charge in [0.05, 0.1) is 35.5 Å². The highest BCUT2D eigenvalue weighted by Gasteiger charge is 2.23. The Morgan fingerprint density at radius 1 is 0.806 bits per heavy atom. The number of hydrogen-bond acceptors (Lipinski definition) is 4. The average molecular weight is 490 g/mol. The fraction of sp³-hybridized carbons (Fsp3) is 0.429. The highest BCUT2D eigenvalue weighted by atomic mass is 35.5. The summed E-state index contributed by atoms with van der Waals surface area (Å²) in [6.45, 7) is 8.98. The molecule has 2 aromatic rings. The standard InChI is InChI=1S/C21H31N3O4S2.ClH/c1-16(2)21(24-30(27,28)20-11-7-18(4)8-12-20)15-22-13-14-23-29(25,26)19-9-5-17(3)6-10-19;/h5-12,16,21-24H,13-15H2,1-4H3;1H/t21-;/m1./s1. The first kappa shape index (κ1) is 27.5. The lowest BCUT2D eigenvalue weighted by Crippen LogP contribution is -3.00. The van der Waals surface area contributed by atoms with Gasteiger partial charge in [-0.3, -0.25) is 0 Å². The zero-order valence-electron chi connectivity index (χ0n) is 18.3. The number of nitrogens with one attached hydrogen (secondary N) is 2. The molecule has 31 heavy (non-hydrogen) atoms. The van der Waals surface area contributed by atoms with Crippen LogP contribution in [0.5, 0.6) is 0 Å². The quantitative estimate of drug-likeness (QED) is 0.322. The van der Waals surface area contributed by atoms with Gasteiger partial charge in [0.2, 0.25) is 20.0 Å². The minimum Gasteiger partial charge on any atom is -1.00 e. The van der Waals surface area contributed by atoms with Crippen molar-refractivity contribution in [3.8, 4) is 0 Å². The largest absolute Gasteiger partial charge is 1.00 e. The summed E-state index contributed by atoms with van der Waals surface area (Å²) in [5.74, 6) is 0.0886. The van der Waals surface area contributed by atoms with Gasteiger partial charge in [0.1, 0.15) is 0 Å². The predicted octanol–water partition coefficient (Wildman–Crippen LogP) is -1.85. The number of sulfonamides is 2. The Balaban J connectivity index is 0.00000480. The van der Waals surface area contributed by atoms with E-state index in [2.05, 4.69) is 9.44 Å². The molecule has 1 atom stereocenters. The van der Waals surface area contributed by atoms with Gasteiger partial charge in [-0.25, -0.2) is 26.3 Å². The predicted molar refractivity (Wildman–Crippen MR) is 118 cm³/mol. The van der Waals surface area contributed by atoms with E-state index in [1.165, 1.54) is 0 Å². The molecular formula is C21H32ClN3O4S2. The molecule has 2 rings (SSSR count). The van der Waals surface area contributed by atoms with Gasteiger partial charge in [-0.2, -0.15) is 0 Å². The second-order valence-electron chi connectivity index (χ2n) is 7.81. The van der Waals surface area contributed by atoms with Crippen LogP contribution in [0, 0.1) is 19.8 Å². The molecule has 0 aromatic heterocycles. The Morgan fingerprint density at radius 3 is 1.71 bits per heavy atom. The number of halogens is 1. The van der Waals surface area contributed by atoms with E-state index in [9.17, 15) is 16.8 Å². The fourth-order valence-electron chi connectivity index (χ4n) is 2.83. The summed E-state index contributed by atoms with van der Waals surface area (Å²) in [4.78, 5) is 0.476. The van der Waals surface area contributed by atoms with Crippen molar-refractivity contribution in [1.82, 2.24) is 9.44 Å². The number of rotatable bonds is 11. The van der Waals surface area contributed by atoms with Gasteiger partial charge < -0.3 is 17.7 Å². The van der Waals surface area contributed by atoms with Crippen molar-refractivity contribution < 1.29 is 34.6 Å². The van der Waals surface area contributed by atoms with Gasteiger partial charge >= 0.3 is 0 Å². The Labute approximate surface area is 192 Å². The Hall–Kier alpha value is -1.49. The van der Waals surface area contributed by atoms with Crippen LogP contribution >= 0.6 is 0 Å². The van der Waals surface area contributed by atoms with Gasteiger partial charge in [0.15, 0.2) is 0 Å². The maximum Gasteiger partial charge on any atom is 0.241 e. The van der Waals surface area contributed by atoms with Gasteiger partial charge in [-0.15, -0.1) is 0 Å². The smallest absolute Gasteiger partial charge is 0.241 e. The van der Waals surface area contributed by atoms with E-state index >= 15 is 0 Å². The summed E-state index contributed by atoms with van der Waals surface area (Å²) >= 11 is 0. The molecule has 0 saturated heterocycles. The lowest BCUT2D eigenvalue weighted by Gasteiger charge is -2.21. The first-order valence-electron chi connectivity index (χ1n) is 9.98. The average Bonchev–Trinajstić information content (AvgIpc) is 2.67. The molecule has 4 N–H and O–H groups in total. The molecule has 0 saturated carbocycles. The summed E-state index contributed by atoms with van der Waals surface area (Å²) in [6.07, 6.45) is 0. The summed E-state index contributed by atoms with van der Waals surface area (Å²) < 4.78 is 55.2. The van der Waals surface area contributed by atoms with E-state index in [-0.39, 0.29) is 40.7 Å². The minimum atomic E-state index is -3.61. The van der Waals surface area contributed by atoms with Crippen molar-refractivity contribution in [3.05, 3.63) is 59.7 Å². The summed E-state index contributed by atoms with van der Waals surface area (Å²) in [7, 11) is -7.15. The number of hydrogen-bond donors (Lipinski definition) is 3. The molecule has 7 nitrogen and oxygen atoms in total. The van der Waals surface area contributed by atoms with Crippen molar-refractivity contribution in [2.75, 3.05) is 19.6 Å². The van der Waals surface area contributed by atoms with Crippen LogP contribution in [0.15, 0.2) is 58.3 Å². The molecule has 0 amide bonds. The van der Waals surface area contributed by atoms with Crippen LogP contribution in [0.2, 0.25) is 0 Å². The van der Waals surface area contributed by atoms with Crippen LogP contribution in [-0.4, -0.2) is 42.5 Å². The number of quaternary nitrogens is 1. The summed E-state index contributed by atoms with van der Waals surface area (Å²) in [6, 6.07) is 13.1. The van der Waals surface area contributed by atoms with E-state index in [0.29, 0.717) is 13.1 Å². The minimum absolute atomic E-state index is 0. The molecule has 0 radical (unpaired) electrons. The molecule has 10 heteroatoms. The zero-order chi connectivity index (χ0) is 22.4. The molecule has 0 bridgehead atoms. The van der Waals surface area contributed by atoms with Crippen LogP contribution in [-0.2, 0) is 20.0 Å². The Morgan fingerprint density at radius 2 is 1.26 bits per heavy atom. The van der Waals surface area contributed by atoms with Crippen LogP contribution in [0.3, 0.4) is 0 Å². The lowest BCUT2D eigenvalue weighted by molar-refractivity contribution is -0.655. The fourth-order valence-corrected chi connectivity index (χ4v) is 5.28. The third-order valence-electron chi connectivity index (χ3n) is 4.83. The molecule has 0 aliphatic carbocycles. The van der Waals surface area contributed by atoms with E-state index in [0.717, 1.165) is 11.1 Å². The van der Waals surface area contributed by atoms with E-state index in [4.69, 9.17) is 0 Å². The molecule has 0 aliphatic heterocycles. The van der Waals surface area contributed by atoms with Crippen molar-refractivity contribution in [2.45, 2.75) is 43.5 Å². The highest BCUT2D eigenvalue weighted by molar-refractivity contribution is 7.89. The SMILES string of the molecule is Cc1ccc(S(=O)(=O)NCC[NH2+]C[C@@H](NS(=O)(=O)c2ccc(C)cc2)C(C)C)cc1.[Cl-]. The van der Waals surface area contributed by atoms with Gasteiger partial charge in [0, 0.05) is 0 Å². The Bertz CT molecular complexity index is 1020. The lowest BCUT2D eigenvalue weighted by atomic mass is 10.1. The van der Waals surface area contributed by atoms with Crippen LogP contribution in [0.1, 0.15) is 25.0 Å². The molecule has 0 heterocycles. The third-order valence-corrected chi connectivity index (χ3v) is 7.82. The van der Waals surface area contributed by atoms with Crippen LogP contribution in [0.4, 0.5) is 0 Å². The van der Waals surface area contributed by atoms with Crippen LogP contribution in [0.25, 0.3) is 0 Å². The normalized spacial score (nSPS) is 13.1. The molecule has 0 spiro atoms. The number of aryl methyl sites for hydroxylation is 2. The number of nitrogens with two attached hydrogens (primary N) is 1. The van der Waals surface area contributed by atoms with Crippen molar-refractivity contribution >= 4 is 20.0 Å². The first-order chi connectivity index (χ1) is 14.0. The molecule has 0 unspecified atom stereocenters. The molecule has 0 aliphatic rings. The van der Waals surface area contributed by atoms with Crippen LogP contribution < -0.4 is 27.2 Å². The van der Waals surface area contributed by atoms with Gasteiger partial charge in [-0.05, 0) is 44.0 Å². The monoisotopic (exact) mass is 489 g/mol. The second kappa shape index (κ2) is 11.9. The Kier molecular flexibility index (Phi) is 10.6. The van der Waals surface area contributed by atoms with E-state index in [1.807, 2.05) is 33.0 Å². The van der Waals surface area contributed by atoms with Crippen molar-refractivity contribution in [3.63, 3.8) is 0 Å². The highest BCUT2D eigenvalue weighted by Crippen LogP contribution is 2.12. The summed E-state index contributed by atoms with van der Waals surface area (Å²) in [5, 5.41) is 1.92. The summed E-state index contributed by atoms with van der Waals surface area (Å²) in [5.41, 5.74) is 1.99. The third kappa shape index (κ3) is 8.51. The van der Waals surface area contributed by atoms with Crippen molar-refractivity contribution in [2.24, 2.45) is 5.92 Å². The molecule has 174 valence electrons. The van der Waals surface area contributed by atoms with E-state index < -0.39 is 20.0 Å². The maximum absolute atomic E-state index is 12.6. The molecule has 0 fully saturated rings. The van der Waals surface area contributed by atoms with Gasteiger partial charge in [0.25, 0.3) is 0 Å². The van der Waals surface area contributed by atoms with Gasteiger partial charge in [-0.1, -0.05) is 49.2 Å². The van der Waals surface area contributed by atoms with E-state index in [1.54, 1.807) is 48.5 Å². The second-order valence-corrected chi connectivity index (χ2v) is 11.3. The van der Waals surface area contributed by atoms with Crippen molar-refractivity contribution in [1.29, 1.82) is 0 Å². The molecular weight excluding hydrogens is 458 g/mol. The molecule has 2 aromatic carbocycles.